The van der Waals surface area contributed by atoms with Crippen LogP contribution < -0.4 is 14.8 Å². The first-order valence-corrected chi connectivity index (χ1v) is 16.8. The van der Waals surface area contributed by atoms with Crippen LogP contribution in [0.1, 0.15) is 44.4 Å². The van der Waals surface area contributed by atoms with Crippen LogP contribution in [0.4, 0.5) is 5.69 Å². The molecule has 0 spiro atoms. The lowest BCUT2D eigenvalue weighted by atomic mass is 10.0. The Balaban J connectivity index is 1.31. The molecule has 0 aliphatic carbocycles. The summed E-state index contributed by atoms with van der Waals surface area (Å²) in [4.78, 5) is 17.7. The topological polar surface area (TPSA) is 91.7 Å². The number of hydrogen-bond acceptors (Lipinski definition) is 6. The second-order valence-electron chi connectivity index (χ2n) is 10.5. The number of imidazole rings is 1. The first-order valence-electron chi connectivity index (χ1n) is 15.5. The maximum Gasteiger partial charge on any atom is 0.248 e. The van der Waals surface area contributed by atoms with Gasteiger partial charge in [-0.2, -0.15) is 0 Å². The number of amides is 1. The number of nitrogens with one attached hydrogen (secondary N) is 1. The van der Waals surface area contributed by atoms with Gasteiger partial charge in [0.15, 0.2) is 0 Å². The Morgan fingerprint density at radius 3 is 2.47 bits per heavy atom. The number of nitrogens with zero attached hydrogens (tertiary/aromatic N) is 2. The zero-order valence-corrected chi connectivity index (χ0v) is 27.2. The minimum Gasteiger partial charge on any atom is -0.496 e. The van der Waals surface area contributed by atoms with Gasteiger partial charge in [-0.1, -0.05) is 38.5 Å². The summed E-state index contributed by atoms with van der Waals surface area (Å²) in [6.07, 6.45) is 10.8. The summed E-state index contributed by atoms with van der Waals surface area (Å²) >= 11 is 0. The molecule has 0 saturated carbocycles. The number of unbranched alkanes of at least 4 members (excludes halogenated alkanes) is 1. The largest absolute Gasteiger partial charge is 0.496 e. The number of benzene rings is 3. The molecule has 0 saturated heterocycles. The van der Waals surface area contributed by atoms with Gasteiger partial charge in [0, 0.05) is 59.4 Å². The fourth-order valence-corrected chi connectivity index (χ4v) is 5.78. The molecule has 0 radical (unpaired) electrons. The highest BCUT2D eigenvalue weighted by atomic mass is 32.2. The molecular formula is C36H43N3O5S. The third kappa shape index (κ3) is 10.4. The summed E-state index contributed by atoms with van der Waals surface area (Å²) < 4.78 is 31.8. The number of aromatic nitrogens is 2. The Kier molecular flexibility index (Phi) is 13.4. The predicted molar refractivity (Wildman–Crippen MR) is 181 cm³/mol. The molecule has 1 N–H and O–H groups in total. The Hall–Kier alpha value is -4.21. The van der Waals surface area contributed by atoms with Gasteiger partial charge >= 0.3 is 0 Å². The second kappa shape index (κ2) is 17.9. The number of hydrogen-bond donors (Lipinski definition) is 1. The van der Waals surface area contributed by atoms with E-state index in [0.717, 1.165) is 65.4 Å². The normalized spacial score (nSPS) is 11.9. The van der Waals surface area contributed by atoms with Gasteiger partial charge in [0.2, 0.25) is 5.91 Å². The number of aryl methyl sites for hydroxylation is 2. The number of carbonyl (C=O) groups excluding carboxylic acids is 1. The molecule has 0 aliphatic heterocycles. The van der Waals surface area contributed by atoms with E-state index in [2.05, 4.69) is 28.7 Å². The molecule has 0 bridgehead atoms. The number of rotatable bonds is 18. The third-order valence-electron chi connectivity index (χ3n) is 7.16. The summed E-state index contributed by atoms with van der Waals surface area (Å²) in [7, 11) is 0.457. The molecule has 238 valence electrons. The lowest BCUT2D eigenvalue weighted by molar-refractivity contribution is -0.111. The molecule has 3 aromatic carbocycles. The fraction of sp³-hybridized carbons (Fsp3) is 0.333. The van der Waals surface area contributed by atoms with Crippen LogP contribution in [-0.4, -0.2) is 52.4 Å². The third-order valence-corrected chi connectivity index (χ3v) is 8.53. The number of carbonyl (C=O) groups is 1. The Bertz CT molecular complexity index is 1550. The van der Waals surface area contributed by atoms with Gasteiger partial charge in [0.1, 0.15) is 18.1 Å². The molecule has 9 heteroatoms. The molecule has 0 unspecified atom stereocenters. The van der Waals surface area contributed by atoms with Crippen molar-refractivity contribution in [3.05, 3.63) is 96.6 Å². The van der Waals surface area contributed by atoms with Crippen LogP contribution in [-0.2, 0) is 33.3 Å². The van der Waals surface area contributed by atoms with Crippen molar-refractivity contribution in [2.75, 3.05) is 38.0 Å². The van der Waals surface area contributed by atoms with Crippen molar-refractivity contribution < 1.29 is 23.2 Å². The van der Waals surface area contributed by atoms with Gasteiger partial charge in [-0.05, 0) is 78.6 Å². The van der Waals surface area contributed by atoms with Crippen LogP contribution in [0.2, 0.25) is 0 Å². The Morgan fingerprint density at radius 2 is 1.73 bits per heavy atom. The predicted octanol–water partition coefficient (Wildman–Crippen LogP) is 7.17. The van der Waals surface area contributed by atoms with Crippen molar-refractivity contribution in [3.63, 3.8) is 0 Å². The van der Waals surface area contributed by atoms with Crippen molar-refractivity contribution in [3.8, 4) is 22.6 Å². The molecular weight excluding hydrogens is 586 g/mol. The molecule has 1 heterocycles. The van der Waals surface area contributed by atoms with Crippen LogP contribution in [0, 0.1) is 0 Å². The highest BCUT2D eigenvalue weighted by Crippen LogP contribution is 2.29. The average molecular weight is 630 g/mol. The molecule has 0 fully saturated rings. The van der Waals surface area contributed by atoms with Crippen LogP contribution in [0.5, 0.6) is 11.5 Å². The smallest absolute Gasteiger partial charge is 0.248 e. The molecule has 1 amide bonds. The Labute approximate surface area is 268 Å². The maximum absolute atomic E-state index is 12.9. The van der Waals surface area contributed by atoms with Crippen LogP contribution >= 0.6 is 0 Å². The molecule has 8 nitrogen and oxygen atoms in total. The van der Waals surface area contributed by atoms with Crippen LogP contribution in [0.25, 0.3) is 17.2 Å². The van der Waals surface area contributed by atoms with Crippen molar-refractivity contribution in [1.29, 1.82) is 0 Å². The van der Waals surface area contributed by atoms with Crippen LogP contribution in [0.15, 0.2) is 90.2 Å². The van der Waals surface area contributed by atoms with Gasteiger partial charge < -0.3 is 24.1 Å². The first-order chi connectivity index (χ1) is 22.0. The molecule has 0 aliphatic rings. The Morgan fingerprint density at radius 1 is 0.956 bits per heavy atom. The molecule has 4 rings (SSSR count). The quantitative estimate of drug-likeness (QED) is 0.0927. The van der Waals surface area contributed by atoms with E-state index in [0.29, 0.717) is 36.8 Å². The van der Waals surface area contributed by atoms with Gasteiger partial charge in [0.05, 0.1) is 30.8 Å². The minimum absolute atomic E-state index is 0.277. The van der Waals surface area contributed by atoms with Crippen molar-refractivity contribution in [1.82, 2.24) is 9.55 Å². The zero-order valence-electron chi connectivity index (χ0n) is 26.4. The summed E-state index contributed by atoms with van der Waals surface area (Å²) in [5.74, 6) is 1.69. The number of anilines is 1. The van der Waals surface area contributed by atoms with E-state index in [1.54, 1.807) is 37.5 Å². The van der Waals surface area contributed by atoms with E-state index in [1.807, 2.05) is 55.0 Å². The number of ether oxygens (including phenoxy) is 3. The van der Waals surface area contributed by atoms with Gasteiger partial charge in [0.25, 0.3) is 0 Å². The van der Waals surface area contributed by atoms with E-state index < -0.39 is 10.8 Å². The highest BCUT2D eigenvalue weighted by molar-refractivity contribution is 7.85. The molecule has 45 heavy (non-hydrogen) atoms. The standard InChI is InChI=1S/C36H43N3O5S/c1-4-6-21-43-22-23-44-33-13-7-28(8-14-33)29-9-17-35(42-3)30(25-29)10-18-36(40)38-31-11-15-34(16-12-31)45(41)24-19-32-26-37-27-39(32)20-5-2/h7-18,25-27H,4-6,19-24H2,1-3H3,(H,38,40)/b18-10+/t45-/m1/s1. The lowest BCUT2D eigenvalue weighted by Gasteiger charge is -2.10. The molecule has 1 atom stereocenters. The first kappa shape index (κ1) is 33.7. The fourth-order valence-electron chi connectivity index (χ4n) is 4.71. The minimum atomic E-state index is -1.15. The van der Waals surface area contributed by atoms with E-state index in [4.69, 9.17) is 14.2 Å². The maximum atomic E-state index is 12.9. The summed E-state index contributed by atoms with van der Waals surface area (Å²) in [5.41, 5.74) is 4.50. The van der Waals surface area contributed by atoms with Gasteiger partial charge in [-0.25, -0.2) is 4.98 Å². The molecule has 4 aromatic rings. The SMILES string of the molecule is CCCCOCCOc1ccc(-c2ccc(OC)c(/C=C/C(=O)Nc3ccc([S@](=O)CCc4cncn4CCC)cc3)c2)cc1. The van der Waals surface area contributed by atoms with Gasteiger partial charge in [-0.15, -0.1) is 0 Å². The monoisotopic (exact) mass is 629 g/mol. The second-order valence-corrected chi connectivity index (χ2v) is 12.1. The lowest BCUT2D eigenvalue weighted by Crippen LogP contribution is -2.09. The van der Waals surface area contributed by atoms with E-state index in [9.17, 15) is 9.00 Å². The summed E-state index contributed by atoms with van der Waals surface area (Å²) in [6, 6.07) is 20.9. The van der Waals surface area contributed by atoms with Crippen molar-refractivity contribution in [2.24, 2.45) is 0 Å². The van der Waals surface area contributed by atoms with E-state index in [1.165, 1.54) is 6.08 Å². The molecule has 1 aromatic heterocycles. The van der Waals surface area contributed by atoms with Crippen LogP contribution in [0.3, 0.4) is 0 Å². The van der Waals surface area contributed by atoms with Crippen molar-refractivity contribution >= 4 is 28.5 Å². The summed E-state index contributed by atoms with van der Waals surface area (Å²) in [6.45, 7) is 7.02. The van der Waals surface area contributed by atoms with E-state index >= 15 is 0 Å². The van der Waals surface area contributed by atoms with Gasteiger partial charge in [-0.3, -0.25) is 9.00 Å². The van der Waals surface area contributed by atoms with E-state index in [-0.39, 0.29) is 5.91 Å². The number of methoxy groups -OCH3 is 1. The van der Waals surface area contributed by atoms with Crippen molar-refractivity contribution in [2.45, 2.75) is 51.0 Å². The average Bonchev–Trinajstić information content (AvgIpc) is 3.51. The summed E-state index contributed by atoms with van der Waals surface area (Å²) in [5, 5.41) is 2.88. The highest BCUT2D eigenvalue weighted by Gasteiger charge is 2.09. The zero-order chi connectivity index (χ0) is 31.9.